The summed E-state index contributed by atoms with van der Waals surface area (Å²) in [5.41, 5.74) is 6.00. The van der Waals surface area contributed by atoms with Crippen LogP contribution in [0.2, 0.25) is 0 Å². The minimum absolute atomic E-state index is 0.327. The summed E-state index contributed by atoms with van der Waals surface area (Å²) >= 11 is 0. The summed E-state index contributed by atoms with van der Waals surface area (Å²) in [6.45, 7) is 1.39. The van der Waals surface area contributed by atoms with Gasteiger partial charge in [-0.2, -0.15) is 13.2 Å². The summed E-state index contributed by atoms with van der Waals surface area (Å²) in [5.74, 6) is 0. The summed E-state index contributed by atoms with van der Waals surface area (Å²) < 4.78 is 37.8. The Hall–Kier alpha value is -1.07. The first-order valence-electron chi connectivity index (χ1n) is 5.56. The SMILES string of the molecule is CCC(NC(CN)C(F)(F)F)c1ccccc1. The normalized spacial score (nSPS) is 15.6. The predicted molar refractivity (Wildman–Crippen MR) is 61.5 cm³/mol. The Bertz CT molecular complexity index is 324. The number of benzene rings is 1. The molecular weight excluding hydrogens is 229 g/mol. The molecule has 96 valence electrons. The third-order valence-corrected chi connectivity index (χ3v) is 2.64. The second-order valence-corrected chi connectivity index (χ2v) is 3.87. The predicted octanol–water partition coefficient (Wildman–Crippen LogP) is 2.62. The van der Waals surface area contributed by atoms with E-state index in [4.69, 9.17) is 5.73 Å². The van der Waals surface area contributed by atoms with E-state index in [1.54, 1.807) is 0 Å². The van der Waals surface area contributed by atoms with Crippen LogP contribution in [0.25, 0.3) is 0 Å². The highest BCUT2D eigenvalue weighted by atomic mass is 19.4. The number of nitrogens with two attached hydrogens (primary N) is 1. The van der Waals surface area contributed by atoms with Gasteiger partial charge in [0, 0.05) is 12.6 Å². The average molecular weight is 246 g/mol. The van der Waals surface area contributed by atoms with Crippen molar-refractivity contribution in [3.63, 3.8) is 0 Å². The fraction of sp³-hybridized carbons (Fsp3) is 0.500. The molecule has 0 saturated heterocycles. The zero-order chi connectivity index (χ0) is 12.9. The van der Waals surface area contributed by atoms with Gasteiger partial charge < -0.3 is 5.73 Å². The van der Waals surface area contributed by atoms with Gasteiger partial charge >= 0.3 is 6.18 Å². The molecule has 0 aliphatic carbocycles. The number of hydrogen-bond donors (Lipinski definition) is 2. The lowest BCUT2D eigenvalue weighted by Crippen LogP contribution is -2.48. The molecule has 1 aromatic rings. The molecule has 3 N–H and O–H groups in total. The molecule has 0 aromatic heterocycles. The van der Waals surface area contributed by atoms with E-state index in [1.807, 2.05) is 37.3 Å². The fourth-order valence-corrected chi connectivity index (χ4v) is 1.67. The van der Waals surface area contributed by atoms with Gasteiger partial charge in [0.15, 0.2) is 0 Å². The van der Waals surface area contributed by atoms with E-state index in [-0.39, 0.29) is 6.04 Å². The lowest BCUT2D eigenvalue weighted by Gasteiger charge is -2.26. The second kappa shape index (κ2) is 6.02. The van der Waals surface area contributed by atoms with Crippen LogP contribution >= 0.6 is 0 Å². The molecule has 0 aliphatic rings. The van der Waals surface area contributed by atoms with E-state index in [0.29, 0.717) is 6.42 Å². The van der Waals surface area contributed by atoms with Crippen molar-refractivity contribution in [3.8, 4) is 0 Å². The standard InChI is InChI=1S/C12H17F3N2/c1-2-10(9-6-4-3-5-7-9)17-11(8-16)12(13,14)15/h3-7,10-11,17H,2,8,16H2,1H3. The van der Waals surface area contributed by atoms with Gasteiger partial charge in [-0.05, 0) is 12.0 Å². The maximum Gasteiger partial charge on any atom is 0.405 e. The van der Waals surface area contributed by atoms with E-state index in [1.165, 1.54) is 0 Å². The molecular formula is C12H17F3N2. The van der Waals surface area contributed by atoms with E-state index in [2.05, 4.69) is 5.32 Å². The summed E-state index contributed by atoms with van der Waals surface area (Å²) in [6, 6.07) is 7.09. The topological polar surface area (TPSA) is 38.0 Å². The van der Waals surface area contributed by atoms with Gasteiger partial charge in [0.1, 0.15) is 6.04 Å². The maximum atomic E-state index is 12.6. The van der Waals surface area contributed by atoms with Crippen LogP contribution in [-0.2, 0) is 0 Å². The highest BCUT2D eigenvalue weighted by Gasteiger charge is 2.39. The lowest BCUT2D eigenvalue weighted by molar-refractivity contribution is -0.155. The molecule has 0 saturated carbocycles. The van der Waals surface area contributed by atoms with Gasteiger partial charge in [-0.3, -0.25) is 5.32 Å². The molecule has 0 bridgehead atoms. The number of alkyl halides is 3. The van der Waals surface area contributed by atoms with Crippen molar-refractivity contribution in [2.24, 2.45) is 5.73 Å². The molecule has 2 atom stereocenters. The van der Waals surface area contributed by atoms with Gasteiger partial charge in [-0.25, -0.2) is 0 Å². The van der Waals surface area contributed by atoms with Crippen LogP contribution in [0.5, 0.6) is 0 Å². The Morgan fingerprint density at radius 2 is 1.82 bits per heavy atom. The monoisotopic (exact) mass is 246 g/mol. The number of nitrogens with one attached hydrogen (secondary N) is 1. The minimum atomic E-state index is -4.31. The molecule has 1 rings (SSSR count). The Balaban J connectivity index is 2.76. The maximum absolute atomic E-state index is 12.6. The summed E-state index contributed by atoms with van der Waals surface area (Å²) in [4.78, 5) is 0. The summed E-state index contributed by atoms with van der Waals surface area (Å²) in [7, 11) is 0. The first-order valence-corrected chi connectivity index (χ1v) is 5.56. The van der Waals surface area contributed by atoms with Crippen molar-refractivity contribution in [2.75, 3.05) is 6.54 Å². The molecule has 1 aromatic carbocycles. The lowest BCUT2D eigenvalue weighted by atomic mass is 10.0. The quantitative estimate of drug-likeness (QED) is 0.838. The molecule has 5 heteroatoms. The number of rotatable bonds is 5. The van der Waals surface area contributed by atoms with E-state index in [9.17, 15) is 13.2 Å². The van der Waals surface area contributed by atoms with Crippen LogP contribution in [0.15, 0.2) is 30.3 Å². The summed E-state index contributed by atoms with van der Waals surface area (Å²) in [6.07, 6.45) is -3.73. The van der Waals surface area contributed by atoms with Crippen LogP contribution in [0.4, 0.5) is 13.2 Å². The first kappa shape index (κ1) is 14.0. The van der Waals surface area contributed by atoms with E-state index < -0.39 is 18.8 Å². The number of halogens is 3. The Kier molecular flexibility index (Phi) is 4.96. The van der Waals surface area contributed by atoms with E-state index in [0.717, 1.165) is 5.56 Å². The van der Waals surface area contributed by atoms with Crippen LogP contribution in [0.3, 0.4) is 0 Å². The van der Waals surface area contributed by atoms with Crippen molar-refractivity contribution in [3.05, 3.63) is 35.9 Å². The smallest absolute Gasteiger partial charge is 0.329 e. The summed E-state index contributed by atoms with van der Waals surface area (Å²) in [5, 5.41) is 2.56. The third kappa shape index (κ3) is 4.02. The molecule has 2 nitrogen and oxygen atoms in total. The second-order valence-electron chi connectivity index (χ2n) is 3.87. The molecule has 0 amide bonds. The molecule has 0 radical (unpaired) electrons. The molecule has 17 heavy (non-hydrogen) atoms. The first-order chi connectivity index (χ1) is 7.99. The average Bonchev–Trinajstić information content (AvgIpc) is 2.30. The van der Waals surface area contributed by atoms with Gasteiger partial charge in [0.25, 0.3) is 0 Å². The van der Waals surface area contributed by atoms with E-state index >= 15 is 0 Å². The van der Waals surface area contributed by atoms with Crippen molar-refractivity contribution in [2.45, 2.75) is 31.6 Å². The van der Waals surface area contributed by atoms with Crippen molar-refractivity contribution < 1.29 is 13.2 Å². The number of hydrogen-bond acceptors (Lipinski definition) is 2. The molecule has 2 unspecified atom stereocenters. The fourth-order valence-electron chi connectivity index (χ4n) is 1.67. The van der Waals surface area contributed by atoms with Crippen molar-refractivity contribution in [1.29, 1.82) is 0 Å². The van der Waals surface area contributed by atoms with Crippen LogP contribution in [0.1, 0.15) is 24.9 Å². The Labute approximate surface area is 99.0 Å². The van der Waals surface area contributed by atoms with Crippen LogP contribution in [0, 0.1) is 0 Å². The Morgan fingerprint density at radius 1 is 1.24 bits per heavy atom. The van der Waals surface area contributed by atoms with Gasteiger partial charge in [-0.1, -0.05) is 37.3 Å². The van der Waals surface area contributed by atoms with Crippen molar-refractivity contribution in [1.82, 2.24) is 5.32 Å². The molecule has 0 spiro atoms. The largest absolute Gasteiger partial charge is 0.405 e. The molecule has 0 fully saturated rings. The molecule has 0 heterocycles. The zero-order valence-electron chi connectivity index (χ0n) is 9.67. The third-order valence-electron chi connectivity index (χ3n) is 2.64. The Morgan fingerprint density at radius 3 is 2.24 bits per heavy atom. The molecule has 0 aliphatic heterocycles. The zero-order valence-corrected chi connectivity index (χ0v) is 9.67. The van der Waals surface area contributed by atoms with Gasteiger partial charge in [0.05, 0.1) is 0 Å². The highest BCUT2D eigenvalue weighted by molar-refractivity contribution is 5.19. The van der Waals surface area contributed by atoms with Crippen LogP contribution in [-0.4, -0.2) is 18.8 Å². The van der Waals surface area contributed by atoms with Crippen LogP contribution < -0.4 is 11.1 Å². The minimum Gasteiger partial charge on any atom is -0.329 e. The van der Waals surface area contributed by atoms with Gasteiger partial charge in [0.2, 0.25) is 0 Å². The highest BCUT2D eigenvalue weighted by Crippen LogP contribution is 2.24. The van der Waals surface area contributed by atoms with Gasteiger partial charge in [-0.15, -0.1) is 0 Å². The van der Waals surface area contributed by atoms with Crippen molar-refractivity contribution >= 4 is 0 Å².